The van der Waals surface area contributed by atoms with Gasteiger partial charge in [-0.1, -0.05) is 28.1 Å². The zero-order valence-electron chi connectivity index (χ0n) is 8.74. The number of carbonyl (C=O) groups excluding carboxylic acids is 1. The second-order valence-electron chi connectivity index (χ2n) is 4.08. The van der Waals surface area contributed by atoms with Gasteiger partial charge in [0.05, 0.1) is 6.54 Å². The highest BCUT2D eigenvalue weighted by atomic mass is 79.9. The number of likely N-dealkylation sites (N-methyl/N-ethyl adjacent to an activating group) is 1. The predicted octanol–water partition coefficient (Wildman–Crippen LogP) is 2.73. The molecule has 0 aliphatic heterocycles. The van der Waals surface area contributed by atoms with Gasteiger partial charge < -0.3 is 0 Å². The highest BCUT2D eigenvalue weighted by Gasteiger charge is 2.27. The minimum absolute atomic E-state index is 0.205. The maximum absolute atomic E-state index is 11.8. The molecule has 15 heavy (non-hydrogen) atoms. The lowest BCUT2D eigenvalue weighted by atomic mass is 10.1. The van der Waals surface area contributed by atoms with Crippen molar-refractivity contribution in [3.8, 4) is 0 Å². The Hall–Kier alpha value is -0.670. The van der Waals surface area contributed by atoms with Crippen LogP contribution in [-0.2, 0) is 0 Å². The number of carbonyl (C=O) groups is 1. The summed E-state index contributed by atoms with van der Waals surface area (Å²) >= 11 is 3.36. The summed E-state index contributed by atoms with van der Waals surface area (Å²) in [5.74, 6) is 0.205. The van der Waals surface area contributed by atoms with Crippen LogP contribution in [0.5, 0.6) is 0 Å². The monoisotopic (exact) mass is 267 g/mol. The van der Waals surface area contributed by atoms with Gasteiger partial charge in [0, 0.05) is 16.1 Å². The van der Waals surface area contributed by atoms with Crippen molar-refractivity contribution < 1.29 is 4.79 Å². The normalized spacial score (nSPS) is 15.7. The molecule has 0 radical (unpaired) electrons. The first-order valence-electron chi connectivity index (χ1n) is 5.16. The van der Waals surface area contributed by atoms with E-state index < -0.39 is 0 Å². The summed E-state index contributed by atoms with van der Waals surface area (Å²) in [6.07, 6.45) is 2.48. The van der Waals surface area contributed by atoms with E-state index in [-0.39, 0.29) is 5.78 Å². The third-order valence-electron chi connectivity index (χ3n) is 2.73. The van der Waals surface area contributed by atoms with E-state index in [1.807, 2.05) is 31.3 Å². The third kappa shape index (κ3) is 2.89. The average Bonchev–Trinajstić information content (AvgIpc) is 3.01. The lowest BCUT2D eigenvalue weighted by Crippen LogP contribution is -2.27. The molecule has 80 valence electrons. The fourth-order valence-corrected chi connectivity index (χ4v) is 1.86. The first-order valence-corrected chi connectivity index (χ1v) is 5.95. The Morgan fingerprint density at radius 2 is 2.00 bits per heavy atom. The van der Waals surface area contributed by atoms with Crippen LogP contribution in [0.1, 0.15) is 23.2 Å². The second-order valence-corrected chi connectivity index (χ2v) is 4.99. The molecule has 1 aliphatic rings. The average molecular weight is 268 g/mol. The van der Waals surface area contributed by atoms with E-state index >= 15 is 0 Å². The van der Waals surface area contributed by atoms with Crippen molar-refractivity contribution in [2.45, 2.75) is 18.9 Å². The van der Waals surface area contributed by atoms with E-state index in [1.54, 1.807) is 0 Å². The lowest BCUT2D eigenvalue weighted by molar-refractivity contribution is 0.0942. The molecule has 0 bridgehead atoms. The Kier molecular flexibility index (Phi) is 3.22. The van der Waals surface area contributed by atoms with Gasteiger partial charge in [0.2, 0.25) is 0 Å². The number of hydrogen-bond donors (Lipinski definition) is 0. The summed E-state index contributed by atoms with van der Waals surface area (Å²) in [5.41, 5.74) is 0.797. The summed E-state index contributed by atoms with van der Waals surface area (Å²) in [6, 6.07) is 8.19. The Labute approximate surface area is 98.4 Å². The van der Waals surface area contributed by atoms with Crippen LogP contribution in [0.2, 0.25) is 0 Å². The van der Waals surface area contributed by atoms with Crippen molar-refractivity contribution in [2.75, 3.05) is 13.6 Å². The van der Waals surface area contributed by atoms with Crippen molar-refractivity contribution in [2.24, 2.45) is 0 Å². The van der Waals surface area contributed by atoms with Gasteiger partial charge in [-0.25, -0.2) is 0 Å². The molecule has 0 atom stereocenters. The molecule has 0 unspecified atom stereocenters. The van der Waals surface area contributed by atoms with Gasteiger partial charge in [-0.05, 0) is 32.0 Å². The van der Waals surface area contributed by atoms with Crippen LogP contribution < -0.4 is 0 Å². The van der Waals surface area contributed by atoms with Gasteiger partial charge in [-0.15, -0.1) is 0 Å². The fourth-order valence-electron chi connectivity index (χ4n) is 1.60. The van der Waals surface area contributed by atoms with E-state index in [1.165, 1.54) is 12.8 Å². The summed E-state index contributed by atoms with van der Waals surface area (Å²) in [7, 11) is 2.02. The van der Waals surface area contributed by atoms with Crippen molar-refractivity contribution in [1.29, 1.82) is 0 Å². The molecule has 1 saturated carbocycles. The summed E-state index contributed by atoms with van der Waals surface area (Å²) in [5, 5.41) is 0. The van der Waals surface area contributed by atoms with E-state index in [2.05, 4.69) is 20.8 Å². The smallest absolute Gasteiger partial charge is 0.176 e. The molecule has 0 saturated heterocycles. The van der Waals surface area contributed by atoms with Gasteiger partial charge in [-0.3, -0.25) is 9.69 Å². The zero-order chi connectivity index (χ0) is 10.8. The summed E-state index contributed by atoms with van der Waals surface area (Å²) in [6.45, 7) is 0.534. The molecule has 0 aromatic heterocycles. The van der Waals surface area contributed by atoms with Crippen LogP contribution in [0.4, 0.5) is 0 Å². The second kappa shape index (κ2) is 4.45. The maximum atomic E-state index is 11.8. The molecule has 1 fully saturated rings. The summed E-state index contributed by atoms with van der Waals surface area (Å²) < 4.78 is 1.01. The van der Waals surface area contributed by atoms with Gasteiger partial charge in [0.25, 0.3) is 0 Å². The molecule has 0 amide bonds. The van der Waals surface area contributed by atoms with Crippen LogP contribution in [0.25, 0.3) is 0 Å². The number of ketones is 1. The zero-order valence-corrected chi connectivity index (χ0v) is 10.3. The molecule has 1 aromatic rings. The lowest BCUT2D eigenvalue weighted by Gasteiger charge is -2.14. The minimum Gasteiger partial charge on any atom is -0.296 e. The Morgan fingerprint density at radius 1 is 1.40 bits per heavy atom. The number of halogens is 1. The molecular weight excluding hydrogens is 254 g/mol. The van der Waals surface area contributed by atoms with E-state index in [9.17, 15) is 4.79 Å². The molecule has 2 nitrogen and oxygen atoms in total. The number of benzene rings is 1. The standard InChI is InChI=1S/C12H14BrNO/c1-14(11-6-7-11)8-12(15)9-2-4-10(13)5-3-9/h2-5,11H,6-8H2,1H3. The minimum atomic E-state index is 0.205. The van der Waals surface area contributed by atoms with Crippen molar-refractivity contribution in [3.63, 3.8) is 0 Å². The summed E-state index contributed by atoms with van der Waals surface area (Å²) in [4.78, 5) is 14.0. The molecule has 0 spiro atoms. The molecular formula is C12H14BrNO. The molecule has 3 heteroatoms. The van der Waals surface area contributed by atoms with Crippen molar-refractivity contribution in [3.05, 3.63) is 34.3 Å². The first-order chi connectivity index (χ1) is 7.16. The predicted molar refractivity (Wildman–Crippen MR) is 64.1 cm³/mol. The Balaban J connectivity index is 1.97. The van der Waals surface area contributed by atoms with Crippen molar-refractivity contribution in [1.82, 2.24) is 4.90 Å². The molecule has 2 rings (SSSR count). The number of Topliss-reactive ketones (excluding diaryl/α,β-unsaturated/α-hetero) is 1. The number of hydrogen-bond acceptors (Lipinski definition) is 2. The van der Waals surface area contributed by atoms with E-state index in [0.717, 1.165) is 10.0 Å². The van der Waals surface area contributed by atoms with Gasteiger partial charge >= 0.3 is 0 Å². The highest BCUT2D eigenvalue weighted by molar-refractivity contribution is 9.10. The molecule has 0 heterocycles. The third-order valence-corrected chi connectivity index (χ3v) is 3.26. The van der Waals surface area contributed by atoms with E-state index in [4.69, 9.17) is 0 Å². The first kappa shape index (κ1) is 10.8. The molecule has 1 aliphatic carbocycles. The Bertz CT molecular complexity index is 356. The van der Waals surface area contributed by atoms with Gasteiger partial charge in [0.15, 0.2) is 5.78 Å². The van der Waals surface area contributed by atoms with Gasteiger partial charge in [0.1, 0.15) is 0 Å². The SMILES string of the molecule is CN(CC(=O)c1ccc(Br)cc1)C1CC1. The Morgan fingerprint density at radius 3 is 2.53 bits per heavy atom. The van der Waals surface area contributed by atoms with Gasteiger partial charge in [-0.2, -0.15) is 0 Å². The highest BCUT2D eigenvalue weighted by Crippen LogP contribution is 2.25. The van der Waals surface area contributed by atoms with Crippen LogP contribution >= 0.6 is 15.9 Å². The number of nitrogens with zero attached hydrogens (tertiary/aromatic N) is 1. The quantitative estimate of drug-likeness (QED) is 0.782. The maximum Gasteiger partial charge on any atom is 0.176 e. The van der Waals surface area contributed by atoms with Crippen LogP contribution in [0, 0.1) is 0 Å². The molecule has 1 aromatic carbocycles. The van der Waals surface area contributed by atoms with Crippen LogP contribution in [0.3, 0.4) is 0 Å². The van der Waals surface area contributed by atoms with Crippen LogP contribution in [0.15, 0.2) is 28.7 Å². The van der Waals surface area contributed by atoms with Crippen LogP contribution in [-0.4, -0.2) is 30.3 Å². The van der Waals surface area contributed by atoms with Crippen molar-refractivity contribution >= 4 is 21.7 Å². The topological polar surface area (TPSA) is 20.3 Å². The number of rotatable bonds is 4. The fraction of sp³-hybridized carbons (Fsp3) is 0.417. The van der Waals surface area contributed by atoms with E-state index in [0.29, 0.717) is 12.6 Å². The molecule has 0 N–H and O–H groups in total. The largest absolute Gasteiger partial charge is 0.296 e.